The third-order valence-electron chi connectivity index (χ3n) is 3.09. The fraction of sp³-hybridized carbons (Fsp3) is 0.154. The van der Waals surface area contributed by atoms with E-state index >= 15 is 0 Å². The Balaban J connectivity index is 2.22. The van der Waals surface area contributed by atoms with Crippen molar-refractivity contribution in [2.75, 3.05) is 0 Å². The fourth-order valence-corrected chi connectivity index (χ4v) is 2.20. The summed E-state index contributed by atoms with van der Waals surface area (Å²) in [5, 5.41) is 0. The zero-order chi connectivity index (χ0) is 12.7. The first-order valence-corrected chi connectivity index (χ1v) is 6.05. The third-order valence-corrected chi connectivity index (χ3v) is 3.30. The molecule has 0 spiro atoms. The first-order chi connectivity index (χ1) is 8.65. The van der Waals surface area contributed by atoms with Crippen molar-refractivity contribution in [3.8, 4) is 11.3 Å². The Kier molecular flexibility index (Phi) is 2.48. The molecule has 2 aromatic heterocycles. The summed E-state index contributed by atoms with van der Waals surface area (Å²) in [7, 11) is 2.02. The van der Waals surface area contributed by atoms with Gasteiger partial charge in [-0.3, -0.25) is 0 Å². The Bertz CT molecular complexity index is 785. The van der Waals surface area contributed by atoms with Gasteiger partial charge >= 0.3 is 0 Å². The van der Waals surface area contributed by atoms with Crippen LogP contribution in [0.25, 0.3) is 22.3 Å². The predicted molar refractivity (Wildman–Crippen MR) is 73.9 cm³/mol. The van der Waals surface area contributed by atoms with E-state index in [9.17, 15) is 0 Å². The highest BCUT2D eigenvalue weighted by Crippen LogP contribution is 2.22. The van der Waals surface area contributed by atoms with E-state index < -0.39 is 0 Å². The van der Waals surface area contributed by atoms with E-state index in [1.807, 2.05) is 20.0 Å². The molecule has 0 atom stereocenters. The van der Waals surface area contributed by atoms with Gasteiger partial charge in [-0.2, -0.15) is 0 Å². The average Bonchev–Trinajstić information content (AvgIpc) is 2.65. The molecule has 18 heavy (non-hydrogen) atoms. The van der Waals surface area contributed by atoms with Crippen molar-refractivity contribution in [2.45, 2.75) is 6.92 Å². The van der Waals surface area contributed by atoms with Crippen molar-refractivity contribution < 1.29 is 0 Å². The maximum Gasteiger partial charge on any atom is 0.197 e. The van der Waals surface area contributed by atoms with Crippen LogP contribution in [0.3, 0.4) is 0 Å². The molecule has 0 radical (unpaired) electrons. The van der Waals surface area contributed by atoms with E-state index in [1.54, 1.807) is 6.20 Å². The molecule has 1 aromatic carbocycles. The molecule has 0 unspecified atom stereocenters. The molecule has 0 saturated carbocycles. The van der Waals surface area contributed by atoms with Gasteiger partial charge in [0.15, 0.2) is 4.77 Å². The second-order valence-electron chi connectivity index (χ2n) is 4.21. The lowest BCUT2D eigenvalue weighted by Crippen LogP contribution is -1.90. The summed E-state index contributed by atoms with van der Waals surface area (Å²) >= 11 is 5.03. The molecule has 0 aliphatic heterocycles. The predicted octanol–water partition coefficient (Wildman–Crippen LogP) is 3.00. The van der Waals surface area contributed by atoms with Crippen LogP contribution in [0.15, 0.2) is 30.5 Å². The minimum absolute atomic E-state index is 0.491. The highest BCUT2D eigenvalue weighted by Gasteiger charge is 2.06. The van der Waals surface area contributed by atoms with Crippen molar-refractivity contribution in [3.63, 3.8) is 0 Å². The van der Waals surface area contributed by atoms with Gasteiger partial charge in [-0.05, 0) is 37.3 Å². The van der Waals surface area contributed by atoms with E-state index in [-0.39, 0.29) is 0 Å². The van der Waals surface area contributed by atoms with E-state index in [1.165, 1.54) is 0 Å². The summed E-state index contributed by atoms with van der Waals surface area (Å²) in [6.45, 7) is 2.00. The van der Waals surface area contributed by atoms with Crippen molar-refractivity contribution in [2.24, 2.45) is 7.05 Å². The van der Waals surface area contributed by atoms with E-state index in [4.69, 9.17) is 12.2 Å². The van der Waals surface area contributed by atoms with Crippen molar-refractivity contribution in [3.05, 3.63) is 41.1 Å². The highest BCUT2D eigenvalue weighted by molar-refractivity contribution is 7.71. The molecule has 0 aliphatic carbocycles. The minimum atomic E-state index is 0.491. The molecule has 0 amide bonds. The molecule has 3 rings (SSSR count). The number of hydrogen-bond donors (Lipinski definition) is 1. The summed E-state index contributed by atoms with van der Waals surface area (Å²) in [6.07, 6.45) is 1.71. The zero-order valence-corrected chi connectivity index (χ0v) is 11.0. The molecule has 1 N–H and O–H groups in total. The standard InChI is InChI=1S/C13H12N4S/c1-8-15-11-7-9(3-4-12(11)17(8)2)10-5-6-14-13(18)16-10/h3-7H,1-2H3,(H,14,16,18). The van der Waals surface area contributed by atoms with Gasteiger partial charge in [-0.25, -0.2) is 9.97 Å². The summed E-state index contributed by atoms with van der Waals surface area (Å²) < 4.78 is 2.57. The molecule has 0 aliphatic rings. The largest absolute Gasteiger partial charge is 0.331 e. The minimum Gasteiger partial charge on any atom is -0.331 e. The SMILES string of the molecule is Cc1nc2cc(-c3ccnc(=S)[nH]3)ccc2n1C. The molecule has 0 saturated heterocycles. The maximum atomic E-state index is 5.03. The van der Waals surface area contributed by atoms with Gasteiger partial charge in [0.2, 0.25) is 0 Å². The van der Waals surface area contributed by atoms with Crippen LogP contribution in [0, 0.1) is 11.7 Å². The number of H-pyrrole nitrogens is 1. The van der Waals surface area contributed by atoms with Crippen molar-refractivity contribution >= 4 is 23.3 Å². The lowest BCUT2D eigenvalue weighted by molar-refractivity contribution is 0.886. The molecular formula is C13H12N4S. The smallest absolute Gasteiger partial charge is 0.197 e. The van der Waals surface area contributed by atoms with E-state index in [2.05, 4.69) is 37.7 Å². The van der Waals surface area contributed by atoms with E-state index in [0.29, 0.717) is 4.77 Å². The number of nitrogens with one attached hydrogen (secondary N) is 1. The van der Waals surface area contributed by atoms with Gasteiger partial charge in [0, 0.05) is 24.5 Å². The van der Waals surface area contributed by atoms with Gasteiger partial charge in [0.25, 0.3) is 0 Å². The molecule has 0 fully saturated rings. The van der Waals surface area contributed by atoms with Gasteiger partial charge < -0.3 is 9.55 Å². The topological polar surface area (TPSA) is 46.5 Å². The van der Waals surface area contributed by atoms with Gasteiger partial charge in [-0.1, -0.05) is 6.07 Å². The molecule has 90 valence electrons. The Morgan fingerprint density at radius 3 is 2.89 bits per heavy atom. The third kappa shape index (κ3) is 1.73. The number of hydrogen-bond acceptors (Lipinski definition) is 3. The Labute approximate surface area is 109 Å². The van der Waals surface area contributed by atoms with E-state index in [0.717, 1.165) is 28.1 Å². The monoisotopic (exact) mass is 256 g/mol. The maximum absolute atomic E-state index is 5.03. The normalized spacial score (nSPS) is 11.0. The van der Waals surface area contributed by atoms with Gasteiger partial charge in [0.05, 0.1) is 11.0 Å². The first kappa shape index (κ1) is 11.1. The van der Waals surface area contributed by atoms with Crippen molar-refractivity contribution in [1.82, 2.24) is 19.5 Å². The van der Waals surface area contributed by atoms with Crippen LogP contribution in [0.4, 0.5) is 0 Å². The molecule has 2 heterocycles. The lowest BCUT2D eigenvalue weighted by Gasteiger charge is -2.02. The number of aromatic nitrogens is 4. The van der Waals surface area contributed by atoms with Crippen LogP contribution in [0.2, 0.25) is 0 Å². The quantitative estimate of drug-likeness (QED) is 0.681. The molecule has 3 aromatic rings. The van der Waals surface area contributed by atoms with Crippen LogP contribution in [0.5, 0.6) is 0 Å². The number of aryl methyl sites for hydroxylation is 2. The Morgan fingerprint density at radius 1 is 1.28 bits per heavy atom. The van der Waals surface area contributed by atoms with Crippen LogP contribution in [-0.4, -0.2) is 19.5 Å². The van der Waals surface area contributed by atoms with Gasteiger partial charge in [0.1, 0.15) is 5.82 Å². The number of fused-ring (bicyclic) bond motifs is 1. The number of imidazole rings is 1. The highest BCUT2D eigenvalue weighted by atomic mass is 32.1. The summed E-state index contributed by atoms with van der Waals surface area (Å²) in [4.78, 5) is 11.6. The van der Waals surface area contributed by atoms with Crippen LogP contribution in [0.1, 0.15) is 5.82 Å². The number of benzene rings is 1. The summed E-state index contributed by atoms with van der Waals surface area (Å²) in [6, 6.07) is 8.10. The summed E-state index contributed by atoms with van der Waals surface area (Å²) in [5.74, 6) is 1.00. The number of nitrogens with zero attached hydrogens (tertiary/aromatic N) is 3. The molecule has 5 heteroatoms. The molecular weight excluding hydrogens is 244 g/mol. The lowest BCUT2D eigenvalue weighted by atomic mass is 10.1. The van der Waals surface area contributed by atoms with Crippen molar-refractivity contribution in [1.29, 1.82) is 0 Å². The average molecular weight is 256 g/mol. The number of aromatic amines is 1. The molecule has 4 nitrogen and oxygen atoms in total. The van der Waals surface area contributed by atoms with Crippen LogP contribution >= 0.6 is 12.2 Å². The zero-order valence-electron chi connectivity index (χ0n) is 10.1. The second kappa shape index (κ2) is 4.03. The van der Waals surface area contributed by atoms with Crippen LogP contribution < -0.4 is 0 Å². The summed E-state index contributed by atoms with van der Waals surface area (Å²) in [5.41, 5.74) is 4.14. The Morgan fingerprint density at radius 2 is 2.11 bits per heavy atom. The Hall–Kier alpha value is -2.01. The second-order valence-corrected chi connectivity index (χ2v) is 4.60. The van der Waals surface area contributed by atoms with Gasteiger partial charge in [-0.15, -0.1) is 0 Å². The number of rotatable bonds is 1. The molecule has 0 bridgehead atoms. The first-order valence-electron chi connectivity index (χ1n) is 5.64. The fourth-order valence-electron chi connectivity index (χ4n) is 2.02. The van der Waals surface area contributed by atoms with Crippen LogP contribution in [-0.2, 0) is 7.05 Å².